The molecule has 1 unspecified atom stereocenters. The first-order chi connectivity index (χ1) is 7.47. The molecule has 0 spiro atoms. The minimum absolute atomic E-state index is 0.453. The lowest BCUT2D eigenvalue weighted by Crippen LogP contribution is -2.47. The molecule has 0 radical (unpaired) electrons. The lowest BCUT2D eigenvalue weighted by Gasteiger charge is -2.25. The van der Waals surface area contributed by atoms with Crippen molar-refractivity contribution in [3.8, 4) is 0 Å². The van der Waals surface area contributed by atoms with Crippen LogP contribution in [-0.2, 0) is 0 Å². The molecule has 2 N–H and O–H groups in total. The van der Waals surface area contributed by atoms with Crippen molar-refractivity contribution in [3.63, 3.8) is 0 Å². The van der Waals surface area contributed by atoms with Crippen LogP contribution in [0.5, 0.6) is 0 Å². The van der Waals surface area contributed by atoms with Crippen molar-refractivity contribution in [3.05, 3.63) is 0 Å². The van der Waals surface area contributed by atoms with E-state index in [2.05, 4.69) is 43.5 Å². The molecule has 1 fully saturated rings. The molecule has 1 aliphatic carbocycles. The highest BCUT2D eigenvalue weighted by molar-refractivity contribution is 7.80. The van der Waals surface area contributed by atoms with Gasteiger partial charge in [-0.3, -0.25) is 0 Å². The van der Waals surface area contributed by atoms with Crippen molar-refractivity contribution >= 4 is 17.3 Å². The number of likely N-dealkylation sites (N-methyl/N-ethyl adjacent to an activating group) is 1. The summed E-state index contributed by atoms with van der Waals surface area (Å²) in [4.78, 5) is 2.21. The molecular weight excluding hydrogens is 218 g/mol. The van der Waals surface area contributed by atoms with Crippen LogP contribution in [0.15, 0.2) is 0 Å². The first-order valence-electron chi connectivity index (χ1n) is 6.19. The number of thiocarbonyl (C=S) groups is 1. The van der Waals surface area contributed by atoms with Gasteiger partial charge in [-0.05, 0) is 51.5 Å². The fraction of sp³-hybridized carbons (Fsp3) is 0.917. The molecule has 0 aromatic rings. The largest absolute Gasteiger partial charge is 0.360 e. The summed E-state index contributed by atoms with van der Waals surface area (Å²) in [5.41, 5.74) is 0. The Morgan fingerprint density at radius 1 is 1.38 bits per heavy atom. The standard InChI is InChI=1S/C12H25N3S/c1-9(2)7-11(8-15(3)4)14-12(16)13-10-5-6-10/h9-11H,5-8H2,1-4H3,(H2,13,14,16). The van der Waals surface area contributed by atoms with Crippen LogP contribution in [0.1, 0.15) is 33.1 Å². The van der Waals surface area contributed by atoms with Gasteiger partial charge in [-0.1, -0.05) is 13.8 Å². The number of hydrogen-bond donors (Lipinski definition) is 2. The molecule has 1 rings (SSSR count). The Balaban J connectivity index is 2.31. The molecule has 0 saturated heterocycles. The normalized spacial score (nSPS) is 17.6. The predicted octanol–water partition coefficient (Wildman–Crippen LogP) is 1.59. The molecule has 94 valence electrons. The molecule has 0 aromatic heterocycles. The molecule has 0 aromatic carbocycles. The van der Waals surface area contributed by atoms with E-state index in [9.17, 15) is 0 Å². The molecular formula is C12H25N3S. The van der Waals surface area contributed by atoms with E-state index >= 15 is 0 Å². The van der Waals surface area contributed by atoms with Crippen LogP contribution in [0.2, 0.25) is 0 Å². The molecule has 0 bridgehead atoms. The van der Waals surface area contributed by atoms with E-state index in [0.717, 1.165) is 18.1 Å². The summed E-state index contributed by atoms with van der Waals surface area (Å²) in [6.45, 7) is 5.54. The van der Waals surface area contributed by atoms with Gasteiger partial charge in [-0.15, -0.1) is 0 Å². The summed E-state index contributed by atoms with van der Waals surface area (Å²) in [5.74, 6) is 0.696. The van der Waals surface area contributed by atoms with Gasteiger partial charge in [0.2, 0.25) is 0 Å². The summed E-state index contributed by atoms with van der Waals surface area (Å²) in [7, 11) is 4.21. The zero-order valence-corrected chi connectivity index (χ0v) is 11.7. The Hall–Kier alpha value is -0.350. The fourth-order valence-electron chi connectivity index (χ4n) is 1.83. The molecule has 1 aliphatic rings. The van der Waals surface area contributed by atoms with E-state index in [-0.39, 0.29) is 0 Å². The monoisotopic (exact) mass is 243 g/mol. The number of hydrogen-bond acceptors (Lipinski definition) is 2. The Bertz CT molecular complexity index is 214. The van der Waals surface area contributed by atoms with Crippen LogP contribution in [0.3, 0.4) is 0 Å². The highest BCUT2D eigenvalue weighted by atomic mass is 32.1. The van der Waals surface area contributed by atoms with Crippen molar-refractivity contribution in [2.45, 2.75) is 45.2 Å². The van der Waals surface area contributed by atoms with E-state index in [4.69, 9.17) is 12.2 Å². The molecule has 1 atom stereocenters. The minimum Gasteiger partial charge on any atom is -0.360 e. The van der Waals surface area contributed by atoms with Gasteiger partial charge in [0.05, 0.1) is 0 Å². The lowest BCUT2D eigenvalue weighted by molar-refractivity contribution is 0.327. The molecule has 0 aliphatic heterocycles. The third kappa shape index (κ3) is 6.28. The van der Waals surface area contributed by atoms with Crippen LogP contribution in [-0.4, -0.2) is 42.7 Å². The fourth-order valence-corrected chi connectivity index (χ4v) is 2.16. The zero-order valence-electron chi connectivity index (χ0n) is 10.9. The van der Waals surface area contributed by atoms with E-state index < -0.39 is 0 Å². The maximum atomic E-state index is 5.31. The third-order valence-corrected chi connectivity index (χ3v) is 2.82. The van der Waals surface area contributed by atoms with Gasteiger partial charge in [-0.2, -0.15) is 0 Å². The smallest absolute Gasteiger partial charge is 0.166 e. The third-order valence-electron chi connectivity index (χ3n) is 2.59. The van der Waals surface area contributed by atoms with Crippen LogP contribution < -0.4 is 10.6 Å². The molecule has 4 heteroatoms. The van der Waals surface area contributed by atoms with Crippen molar-refractivity contribution < 1.29 is 0 Å². The molecule has 16 heavy (non-hydrogen) atoms. The minimum atomic E-state index is 0.453. The summed E-state index contributed by atoms with van der Waals surface area (Å²) in [6.07, 6.45) is 3.69. The van der Waals surface area contributed by atoms with Crippen LogP contribution in [0.25, 0.3) is 0 Å². The summed E-state index contributed by atoms with van der Waals surface area (Å²) in [6, 6.07) is 1.09. The highest BCUT2D eigenvalue weighted by Crippen LogP contribution is 2.18. The van der Waals surface area contributed by atoms with E-state index in [0.29, 0.717) is 18.0 Å². The molecule has 3 nitrogen and oxygen atoms in total. The second kappa shape index (κ2) is 6.40. The summed E-state index contributed by atoms with van der Waals surface area (Å²) >= 11 is 5.31. The topological polar surface area (TPSA) is 27.3 Å². The first kappa shape index (κ1) is 13.7. The van der Waals surface area contributed by atoms with Crippen molar-refractivity contribution in [2.24, 2.45) is 5.92 Å². The predicted molar refractivity (Wildman–Crippen MR) is 73.7 cm³/mol. The van der Waals surface area contributed by atoms with Crippen LogP contribution >= 0.6 is 12.2 Å². The van der Waals surface area contributed by atoms with Gasteiger partial charge in [0, 0.05) is 18.6 Å². The van der Waals surface area contributed by atoms with E-state index in [1.54, 1.807) is 0 Å². The van der Waals surface area contributed by atoms with Gasteiger partial charge in [0.1, 0.15) is 0 Å². The van der Waals surface area contributed by atoms with Crippen molar-refractivity contribution in [1.29, 1.82) is 0 Å². The summed E-state index contributed by atoms with van der Waals surface area (Å²) in [5, 5.41) is 7.59. The second-order valence-corrected chi connectivity index (χ2v) is 5.89. The van der Waals surface area contributed by atoms with Crippen LogP contribution in [0, 0.1) is 5.92 Å². The Morgan fingerprint density at radius 2 is 2.00 bits per heavy atom. The number of nitrogens with zero attached hydrogens (tertiary/aromatic N) is 1. The SMILES string of the molecule is CC(C)CC(CN(C)C)NC(=S)NC1CC1. The van der Waals surface area contributed by atoms with Crippen molar-refractivity contribution in [1.82, 2.24) is 15.5 Å². The van der Waals surface area contributed by atoms with Gasteiger partial charge >= 0.3 is 0 Å². The average molecular weight is 243 g/mol. The van der Waals surface area contributed by atoms with E-state index in [1.165, 1.54) is 12.8 Å². The maximum Gasteiger partial charge on any atom is 0.166 e. The quantitative estimate of drug-likeness (QED) is 0.693. The number of nitrogens with one attached hydrogen (secondary N) is 2. The molecule has 1 saturated carbocycles. The maximum absolute atomic E-state index is 5.31. The number of rotatable bonds is 6. The van der Waals surface area contributed by atoms with Gasteiger partial charge in [0.25, 0.3) is 0 Å². The highest BCUT2D eigenvalue weighted by Gasteiger charge is 2.22. The Morgan fingerprint density at radius 3 is 2.44 bits per heavy atom. The average Bonchev–Trinajstić information content (AvgIpc) is 2.84. The van der Waals surface area contributed by atoms with E-state index in [1.807, 2.05) is 0 Å². The van der Waals surface area contributed by atoms with Gasteiger partial charge in [0.15, 0.2) is 5.11 Å². The lowest BCUT2D eigenvalue weighted by atomic mass is 10.0. The Labute approximate surface area is 105 Å². The first-order valence-corrected chi connectivity index (χ1v) is 6.60. The second-order valence-electron chi connectivity index (χ2n) is 5.48. The van der Waals surface area contributed by atoms with Gasteiger partial charge in [-0.25, -0.2) is 0 Å². The summed E-state index contributed by atoms with van der Waals surface area (Å²) < 4.78 is 0. The zero-order chi connectivity index (χ0) is 12.1. The van der Waals surface area contributed by atoms with Crippen LogP contribution in [0.4, 0.5) is 0 Å². The molecule has 0 amide bonds. The Kier molecular flexibility index (Phi) is 5.49. The molecule has 0 heterocycles. The van der Waals surface area contributed by atoms with Crippen molar-refractivity contribution in [2.75, 3.05) is 20.6 Å². The van der Waals surface area contributed by atoms with Gasteiger partial charge < -0.3 is 15.5 Å².